The SMILES string of the molecule is C=CCCCc1ccc(-c2ccc(-c3ccc(C4COC(CCC)OC4)c(F)c3F)cc2)c(F)c1F. The Labute approximate surface area is 209 Å². The van der Waals surface area contributed by atoms with Crippen LogP contribution >= 0.6 is 0 Å². The van der Waals surface area contributed by atoms with Gasteiger partial charge in [-0.25, -0.2) is 17.6 Å². The van der Waals surface area contributed by atoms with Gasteiger partial charge in [0.25, 0.3) is 0 Å². The number of ether oxygens (including phenoxy) is 2. The van der Waals surface area contributed by atoms with Crippen molar-refractivity contribution < 1.29 is 27.0 Å². The summed E-state index contributed by atoms with van der Waals surface area (Å²) in [6, 6.07) is 12.5. The van der Waals surface area contributed by atoms with E-state index in [2.05, 4.69) is 6.58 Å². The van der Waals surface area contributed by atoms with Crippen LogP contribution in [0.25, 0.3) is 22.3 Å². The fourth-order valence-electron chi connectivity index (χ4n) is 4.50. The summed E-state index contributed by atoms with van der Waals surface area (Å²) in [6.45, 7) is 6.20. The Kier molecular flexibility index (Phi) is 8.60. The molecule has 0 amide bonds. The summed E-state index contributed by atoms with van der Waals surface area (Å²) < 4.78 is 70.6. The predicted octanol–water partition coefficient (Wildman–Crippen LogP) is 8.34. The van der Waals surface area contributed by atoms with Gasteiger partial charge < -0.3 is 9.47 Å². The molecule has 36 heavy (non-hydrogen) atoms. The summed E-state index contributed by atoms with van der Waals surface area (Å²) in [7, 11) is 0. The third-order valence-corrected chi connectivity index (χ3v) is 6.57. The zero-order valence-corrected chi connectivity index (χ0v) is 20.3. The van der Waals surface area contributed by atoms with E-state index >= 15 is 4.39 Å². The average Bonchev–Trinajstić information content (AvgIpc) is 2.89. The lowest BCUT2D eigenvalue weighted by molar-refractivity contribution is -0.190. The third kappa shape index (κ3) is 5.55. The maximum atomic E-state index is 15.0. The Bertz CT molecular complexity index is 1200. The van der Waals surface area contributed by atoms with Gasteiger partial charge in [0.15, 0.2) is 29.6 Å². The summed E-state index contributed by atoms with van der Waals surface area (Å²) in [6.07, 6.45) is 4.95. The molecule has 0 atom stereocenters. The number of rotatable bonds is 9. The highest BCUT2D eigenvalue weighted by Crippen LogP contribution is 2.34. The van der Waals surface area contributed by atoms with Gasteiger partial charge in [-0.05, 0) is 47.9 Å². The molecule has 6 heteroatoms. The van der Waals surface area contributed by atoms with Crippen LogP contribution in [0, 0.1) is 23.3 Å². The summed E-state index contributed by atoms with van der Waals surface area (Å²) in [5, 5.41) is 0. The Hall–Kier alpha value is -2.96. The summed E-state index contributed by atoms with van der Waals surface area (Å²) in [5.41, 5.74) is 1.63. The van der Waals surface area contributed by atoms with Gasteiger partial charge in [-0.1, -0.05) is 68.0 Å². The molecular weight excluding hydrogens is 468 g/mol. The normalized spacial score (nSPS) is 17.8. The monoisotopic (exact) mass is 498 g/mol. The summed E-state index contributed by atoms with van der Waals surface area (Å²) >= 11 is 0. The molecule has 0 unspecified atom stereocenters. The van der Waals surface area contributed by atoms with Gasteiger partial charge in [0.1, 0.15) is 0 Å². The van der Waals surface area contributed by atoms with Crippen molar-refractivity contribution in [2.24, 2.45) is 0 Å². The van der Waals surface area contributed by atoms with E-state index in [1.165, 1.54) is 6.07 Å². The van der Waals surface area contributed by atoms with E-state index in [0.717, 1.165) is 19.3 Å². The minimum absolute atomic E-state index is 0.0912. The molecule has 3 aromatic carbocycles. The second kappa shape index (κ2) is 11.8. The molecule has 0 saturated carbocycles. The van der Waals surface area contributed by atoms with E-state index in [-0.39, 0.29) is 42.1 Å². The lowest BCUT2D eigenvalue weighted by atomic mass is 9.94. The Morgan fingerprint density at radius 1 is 0.806 bits per heavy atom. The van der Waals surface area contributed by atoms with E-state index in [4.69, 9.17) is 9.47 Å². The van der Waals surface area contributed by atoms with Gasteiger partial charge in [-0.2, -0.15) is 0 Å². The average molecular weight is 499 g/mol. The van der Waals surface area contributed by atoms with Gasteiger partial charge in [0, 0.05) is 17.0 Å². The van der Waals surface area contributed by atoms with E-state index < -0.39 is 23.3 Å². The van der Waals surface area contributed by atoms with Crippen molar-refractivity contribution in [2.45, 2.75) is 51.2 Å². The van der Waals surface area contributed by atoms with Crippen molar-refractivity contribution >= 4 is 0 Å². The Morgan fingerprint density at radius 3 is 1.97 bits per heavy atom. The van der Waals surface area contributed by atoms with Crippen molar-refractivity contribution in [3.05, 3.63) is 95.6 Å². The second-order valence-corrected chi connectivity index (χ2v) is 9.07. The Morgan fingerprint density at radius 2 is 1.39 bits per heavy atom. The van der Waals surface area contributed by atoms with Crippen LogP contribution in [0.4, 0.5) is 17.6 Å². The zero-order chi connectivity index (χ0) is 25.7. The molecular formula is C30H30F4O2. The lowest BCUT2D eigenvalue weighted by Crippen LogP contribution is -2.31. The van der Waals surface area contributed by atoms with Gasteiger partial charge in [0.05, 0.1) is 13.2 Å². The number of hydrogen-bond acceptors (Lipinski definition) is 2. The first-order chi connectivity index (χ1) is 17.4. The number of unbranched alkanes of at least 4 members (excludes halogenated alkanes) is 1. The molecule has 0 bridgehead atoms. The molecule has 4 rings (SSSR count). The molecule has 2 nitrogen and oxygen atoms in total. The largest absolute Gasteiger partial charge is 0.352 e. The number of allylic oxidation sites excluding steroid dienone is 1. The fraction of sp³-hybridized carbons (Fsp3) is 0.333. The number of benzene rings is 3. The molecule has 0 N–H and O–H groups in total. The molecule has 0 radical (unpaired) electrons. The molecule has 1 aliphatic heterocycles. The van der Waals surface area contributed by atoms with Crippen molar-refractivity contribution in [2.75, 3.05) is 13.2 Å². The number of hydrogen-bond donors (Lipinski definition) is 0. The van der Waals surface area contributed by atoms with E-state index in [9.17, 15) is 13.2 Å². The summed E-state index contributed by atoms with van der Waals surface area (Å²) in [4.78, 5) is 0. The van der Waals surface area contributed by atoms with Crippen molar-refractivity contribution in [3.63, 3.8) is 0 Å². The minimum atomic E-state index is -0.961. The van der Waals surface area contributed by atoms with E-state index in [1.54, 1.807) is 48.5 Å². The Balaban J connectivity index is 1.52. The molecule has 3 aromatic rings. The quantitative estimate of drug-likeness (QED) is 0.168. The number of halogens is 4. The number of aryl methyl sites for hydroxylation is 1. The third-order valence-electron chi connectivity index (χ3n) is 6.57. The molecule has 1 heterocycles. The molecule has 0 aromatic heterocycles. The fourth-order valence-corrected chi connectivity index (χ4v) is 4.50. The molecule has 190 valence electrons. The van der Waals surface area contributed by atoms with Gasteiger partial charge in [-0.3, -0.25) is 0 Å². The molecule has 1 saturated heterocycles. The maximum absolute atomic E-state index is 15.0. The first-order valence-electron chi connectivity index (χ1n) is 12.3. The van der Waals surface area contributed by atoms with Crippen LogP contribution in [-0.2, 0) is 15.9 Å². The second-order valence-electron chi connectivity index (χ2n) is 9.07. The smallest absolute Gasteiger partial charge is 0.166 e. The standard InChI is InChI=1S/C30H30F4O2/c1-3-5-6-8-21-13-14-23(28(32)27(21)31)19-9-11-20(12-10-19)24-15-16-25(30(34)29(24)33)22-17-35-26(7-4-2)36-18-22/h3,9-16,22,26H,1,4-8,17-18H2,2H3. The van der Waals surface area contributed by atoms with Crippen LogP contribution in [0.1, 0.15) is 49.7 Å². The highest BCUT2D eigenvalue weighted by molar-refractivity contribution is 5.71. The molecule has 1 fully saturated rings. The van der Waals surface area contributed by atoms with Crippen LogP contribution in [0.2, 0.25) is 0 Å². The van der Waals surface area contributed by atoms with Crippen LogP contribution in [-0.4, -0.2) is 19.5 Å². The van der Waals surface area contributed by atoms with Crippen LogP contribution in [0.5, 0.6) is 0 Å². The van der Waals surface area contributed by atoms with E-state index in [0.29, 0.717) is 29.5 Å². The summed E-state index contributed by atoms with van der Waals surface area (Å²) in [5.74, 6) is -4.05. The first-order valence-corrected chi connectivity index (χ1v) is 12.3. The molecule has 1 aliphatic rings. The maximum Gasteiger partial charge on any atom is 0.166 e. The van der Waals surface area contributed by atoms with Crippen LogP contribution in [0.3, 0.4) is 0 Å². The minimum Gasteiger partial charge on any atom is -0.352 e. The first kappa shape index (κ1) is 26.1. The van der Waals surface area contributed by atoms with Gasteiger partial charge in [0.2, 0.25) is 0 Å². The van der Waals surface area contributed by atoms with E-state index in [1.807, 2.05) is 6.92 Å². The zero-order valence-electron chi connectivity index (χ0n) is 20.3. The molecule has 0 aliphatic carbocycles. The van der Waals surface area contributed by atoms with Crippen molar-refractivity contribution in [1.82, 2.24) is 0 Å². The predicted molar refractivity (Wildman–Crippen MR) is 134 cm³/mol. The topological polar surface area (TPSA) is 18.5 Å². The van der Waals surface area contributed by atoms with Gasteiger partial charge >= 0.3 is 0 Å². The van der Waals surface area contributed by atoms with Crippen molar-refractivity contribution in [3.8, 4) is 22.3 Å². The van der Waals surface area contributed by atoms with Gasteiger partial charge in [-0.15, -0.1) is 6.58 Å². The lowest BCUT2D eigenvalue weighted by Gasteiger charge is -2.29. The molecule has 0 spiro atoms. The highest BCUT2D eigenvalue weighted by atomic mass is 19.2. The van der Waals surface area contributed by atoms with Crippen LogP contribution in [0.15, 0.2) is 61.2 Å². The highest BCUT2D eigenvalue weighted by Gasteiger charge is 2.27. The van der Waals surface area contributed by atoms with Crippen LogP contribution < -0.4 is 0 Å². The van der Waals surface area contributed by atoms with Crippen molar-refractivity contribution in [1.29, 1.82) is 0 Å².